The van der Waals surface area contributed by atoms with E-state index in [1.54, 1.807) is 26.0 Å². The molecule has 0 atom stereocenters. The second kappa shape index (κ2) is 3.52. The molecule has 2 rings (SSSR count). The molecule has 0 saturated heterocycles. The minimum absolute atomic E-state index is 0.0492. The molecule has 0 spiro atoms. The van der Waals surface area contributed by atoms with E-state index in [4.69, 9.17) is 0 Å². The molecule has 0 saturated carbocycles. The Balaban J connectivity index is 2.92. The van der Waals surface area contributed by atoms with Gasteiger partial charge in [0.15, 0.2) is 5.52 Å². The molecule has 5 heteroatoms. The van der Waals surface area contributed by atoms with Gasteiger partial charge >= 0.3 is 0 Å². The van der Waals surface area contributed by atoms with Gasteiger partial charge in [-0.1, -0.05) is 6.07 Å². The van der Waals surface area contributed by atoms with Gasteiger partial charge in [0.2, 0.25) is 0 Å². The van der Waals surface area contributed by atoms with Crippen LogP contribution in [0.25, 0.3) is 11.0 Å². The number of aryl methyl sites for hydroxylation is 3. The lowest BCUT2D eigenvalue weighted by atomic mass is 10.1. The molecule has 82 valence electrons. The van der Waals surface area contributed by atoms with Crippen molar-refractivity contribution >= 4 is 16.7 Å². The summed E-state index contributed by atoms with van der Waals surface area (Å²) in [5.41, 5.74) is 3.11. The molecular formula is C11H11N3O2. The van der Waals surface area contributed by atoms with Crippen LogP contribution in [0.3, 0.4) is 0 Å². The Bertz CT molecular complexity index is 593. The third-order valence-corrected chi connectivity index (χ3v) is 2.61. The fourth-order valence-corrected chi connectivity index (χ4v) is 1.61. The van der Waals surface area contributed by atoms with E-state index in [9.17, 15) is 10.1 Å². The van der Waals surface area contributed by atoms with Crippen molar-refractivity contribution in [1.82, 2.24) is 9.97 Å². The Morgan fingerprint density at radius 2 is 1.75 bits per heavy atom. The van der Waals surface area contributed by atoms with Gasteiger partial charge in [-0.15, -0.1) is 0 Å². The Morgan fingerprint density at radius 3 is 2.38 bits per heavy atom. The zero-order valence-electron chi connectivity index (χ0n) is 9.31. The number of aromatic nitrogens is 2. The van der Waals surface area contributed by atoms with Crippen molar-refractivity contribution in [2.45, 2.75) is 20.8 Å². The Morgan fingerprint density at radius 1 is 1.12 bits per heavy atom. The smallest absolute Gasteiger partial charge is 0.258 e. The van der Waals surface area contributed by atoms with Gasteiger partial charge in [0.25, 0.3) is 5.69 Å². The Kier molecular flexibility index (Phi) is 2.30. The van der Waals surface area contributed by atoms with Crippen molar-refractivity contribution < 1.29 is 4.92 Å². The highest BCUT2D eigenvalue weighted by Gasteiger charge is 2.18. The molecule has 0 unspecified atom stereocenters. The first-order valence-electron chi connectivity index (χ1n) is 4.89. The number of nitro groups is 1. The highest BCUT2D eigenvalue weighted by molar-refractivity contribution is 5.85. The van der Waals surface area contributed by atoms with E-state index in [-0.39, 0.29) is 5.69 Å². The number of hydrogen-bond acceptors (Lipinski definition) is 4. The molecule has 0 amide bonds. The van der Waals surface area contributed by atoms with Gasteiger partial charge in [-0.25, -0.2) is 9.97 Å². The van der Waals surface area contributed by atoms with Gasteiger partial charge in [-0.05, 0) is 26.8 Å². The molecule has 0 aliphatic carbocycles. The summed E-state index contributed by atoms with van der Waals surface area (Å²) in [6, 6.07) is 3.46. The first kappa shape index (κ1) is 10.5. The zero-order chi connectivity index (χ0) is 11.9. The highest BCUT2D eigenvalue weighted by atomic mass is 16.6. The molecule has 0 fully saturated rings. The van der Waals surface area contributed by atoms with E-state index in [1.165, 1.54) is 0 Å². The van der Waals surface area contributed by atoms with Gasteiger partial charge in [0, 0.05) is 5.56 Å². The number of benzene rings is 1. The van der Waals surface area contributed by atoms with Crippen LogP contribution in [0, 0.1) is 30.9 Å². The van der Waals surface area contributed by atoms with E-state index in [0.29, 0.717) is 16.6 Å². The van der Waals surface area contributed by atoms with E-state index in [0.717, 1.165) is 11.4 Å². The van der Waals surface area contributed by atoms with Crippen molar-refractivity contribution in [3.63, 3.8) is 0 Å². The molecule has 1 aromatic heterocycles. The minimum atomic E-state index is -0.402. The van der Waals surface area contributed by atoms with Crippen LogP contribution in [0.4, 0.5) is 5.69 Å². The molecule has 2 aromatic rings. The normalized spacial score (nSPS) is 10.7. The van der Waals surface area contributed by atoms with E-state index in [2.05, 4.69) is 9.97 Å². The van der Waals surface area contributed by atoms with Gasteiger partial charge in [0.1, 0.15) is 0 Å². The second-order valence-electron chi connectivity index (χ2n) is 3.75. The van der Waals surface area contributed by atoms with Crippen molar-refractivity contribution in [2.75, 3.05) is 0 Å². The molecule has 1 heterocycles. The third-order valence-electron chi connectivity index (χ3n) is 2.61. The molecule has 0 aliphatic rings. The summed E-state index contributed by atoms with van der Waals surface area (Å²) in [7, 11) is 0. The maximum Gasteiger partial charge on any atom is 0.299 e. The Hall–Kier alpha value is -2.04. The maximum atomic E-state index is 11.0. The molecular weight excluding hydrogens is 206 g/mol. The molecule has 16 heavy (non-hydrogen) atoms. The number of nitrogens with zero attached hydrogens (tertiary/aromatic N) is 3. The number of rotatable bonds is 1. The fraction of sp³-hybridized carbons (Fsp3) is 0.273. The monoisotopic (exact) mass is 217 g/mol. The Labute approximate surface area is 92.3 Å². The van der Waals surface area contributed by atoms with E-state index in [1.807, 2.05) is 6.92 Å². The summed E-state index contributed by atoms with van der Waals surface area (Å²) < 4.78 is 0. The van der Waals surface area contributed by atoms with Crippen molar-refractivity contribution in [2.24, 2.45) is 0 Å². The number of fused-ring (bicyclic) bond motifs is 1. The average Bonchev–Trinajstić information content (AvgIpc) is 2.20. The number of nitro benzene ring substituents is 1. The van der Waals surface area contributed by atoms with Crippen LogP contribution in [0.2, 0.25) is 0 Å². The van der Waals surface area contributed by atoms with Crippen LogP contribution >= 0.6 is 0 Å². The standard InChI is InChI=1S/C11H11N3O2/c1-6-4-5-9-10(11(6)14(15)16)13-8(3)7(2)12-9/h4-5H,1-3H3. The summed E-state index contributed by atoms with van der Waals surface area (Å²) in [6.07, 6.45) is 0. The topological polar surface area (TPSA) is 68.9 Å². The number of hydrogen-bond donors (Lipinski definition) is 0. The summed E-state index contributed by atoms with van der Waals surface area (Å²) >= 11 is 0. The van der Waals surface area contributed by atoms with Gasteiger partial charge in [-0.2, -0.15) is 0 Å². The first-order chi connectivity index (χ1) is 7.50. The molecule has 5 nitrogen and oxygen atoms in total. The summed E-state index contributed by atoms with van der Waals surface area (Å²) in [6.45, 7) is 5.34. The SMILES string of the molecule is Cc1ccc2nc(C)c(C)nc2c1[N+](=O)[O-]. The molecule has 0 radical (unpaired) electrons. The molecule has 0 bridgehead atoms. The quantitative estimate of drug-likeness (QED) is 0.543. The third kappa shape index (κ3) is 1.50. The van der Waals surface area contributed by atoms with Crippen LogP contribution in [0.15, 0.2) is 12.1 Å². The van der Waals surface area contributed by atoms with Crippen LogP contribution in [0.1, 0.15) is 17.0 Å². The highest BCUT2D eigenvalue weighted by Crippen LogP contribution is 2.27. The first-order valence-corrected chi connectivity index (χ1v) is 4.89. The zero-order valence-corrected chi connectivity index (χ0v) is 9.31. The fourth-order valence-electron chi connectivity index (χ4n) is 1.61. The summed E-state index contributed by atoms with van der Waals surface area (Å²) in [5, 5.41) is 11.0. The van der Waals surface area contributed by atoms with Crippen molar-refractivity contribution in [3.05, 3.63) is 39.2 Å². The molecule has 0 aliphatic heterocycles. The average molecular weight is 217 g/mol. The van der Waals surface area contributed by atoms with Crippen LogP contribution in [-0.4, -0.2) is 14.9 Å². The summed E-state index contributed by atoms with van der Waals surface area (Å²) in [5.74, 6) is 0. The van der Waals surface area contributed by atoms with Gasteiger partial charge < -0.3 is 0 Å². The van der Waals surface area contributed by atoms with Crippen molar-refractivity contribution in [3.8, 4) is 0 Å². The second-order valence-corrected chi connectivity index (χ2v) is 3.75. The lowest BCUT2D eigenvalue weighted by Crippen LogP contribution is -1.99. The lowest BCUT2D eigenvalue weighted by molar-refractivity contribution is -0.383. The predicted octanol–water partition coefficient (Wildman–Crippen LogP) is 2.46. The molecule has 1 aromatic carbocycles. The van der Waals surface area contributed by atoms with Gasteiger partial charge in [0.05, 0.1) is 21.8 Å². The van der Waals surface area contributed by atoms with E-state index >= 15 is 0 Å². The van der Waals surface area contributed by atoms with E-state index < -0.39 is 4.92 Å². The van der Waals surface area contributed by atoms with Gasteiger partial charge in [-0.3, -0.25) is 10.1 Å². The largest absolute Gasteiger partial charge is 0.299 e. The summed E-state index contributed by atoms with van der Waals surface area (Å²) in [4.78, 5) is 19.1. The van der Waals surface area contributed by atoms with Crippen LogP contribution in [-0.2, 0) is 0 Å². The minimum Gasteiger partial charge on any atom is -0.258 e. The van der Waals surface area contributed by atoms with Crippen LogP contribution < -0.4 is 0 Å². The lowest BCUT2D eigenvalue weighted by Gasteiger charge is -2.04. The van der Waals surface area contributed by atoms with Crippen LogP contribution in [0.5, 0.6) is 0 Å². The predicted molar refractivity (Wildman–Crippen MR) is 60.4 cm³/mol. The molecule has 0 N–H and O–H groups in total. The van der Waals surface area contributed by atoms with Crippen molar-refractivity contribution in [1.29, 1.82) is 0 Å². The maximum absolute atomic E-state index is 11.0.